The molecule has 1 aromatic heterocycles. The molecule has 2 N–H and O–H groups in total. The van der Waals surface area contributed by atoms with Crippen LogP contribution in [0.4, 0.5) is 5.82 Å². The lowest BCUT2D eigenvalue weighted by molar-refractivity contribution is -0.122. The maximum atomic E-state index is 11.6. The minimum absolute atomic E-state index is 0.0645. The van der Waals surface area contributed by atoms with E-state index in [4.69, 9.17) is 0 Å². The van der Waals surface area contributed by atoms with Crippen LogP contribution in [-0.2, 0) is 11.3 Å². The number of hydrogen-bond acceptors (Lipinski definition) is 4. The van der Waals surface area contributed by atoms with Crippen molar-refractivity contribution in [1.82, 2.24) is 15.2 Å². The van der Waals surface area contributed by atoms with E-state index in [1.54, 1.807) is 0 Å². The summed E-state index contributed by atoms with van der Waals surface area (Å²) >= 11 is 0. The predicted molar refractivity (Wildman–Crippen MR) is 82.7 cm³/mol. The Morgan fingerprint density at radius 1 is 1.30 bits per heavy atom. The minimum Gasteiger partial charge on any atom is -0.370 e. The minimum atomic E-state index is 0.0645. The average molecular weight is 278 g/mol. The zero-order valence-corrected chi connectivity index (χ0v) is 12.8. The largest absolute Gasteiger partial charge is 0.370 e. The number of carbonyl (C=O) groups is 1. The molecule has 20 heavy (non-hydrogen) atoms. The maximum absolute atomic E-state index is 11.6. The van der Waals surface area contributed by atoms with Gasteiger partial charge in [0.15, 0.2) is 0 Å². The van der Waals surface area contributed by atoms with Gasteiger partial charge < -0.3 is 10.6 Å². The molecule has 1 heterocycles. The van der Waals surface area contributed by atoms with Gasteiger partial charge in [0.1, 0.15) is 5.82 Å². The fraction of sp³-hybridized carbons (Fsp3) is 0.600. The first-order valence-corrected chi connectivity index (χ1v) is 7.38. The van der Waals surface area contributed by atoms with Crippen molar-refractivity contribution < 1.29 is 4.79 Å². The summed E-state index contributed by atoms with van der Waals surface area (Å²) in [6.07, 6.45) is 1.07. The number of rotatable bonds is 9. The first-order chi connectivity index (χ1) is 9.69. The molecule has 112 valence electrons. The lowest BCUT2D eigenvalue weighted by Crippen LogP contribution is -2.36. The Kier molecular flexibility index (Phi) is 7.65. The van der Waals surface area contributed by atoms with Crippen molar-refractivity contribution in [3.05, 3.63) is 23.9 Å². The second-order valence-electron chi connectivity index (χ2n) is 4.70. The second kappa shape index (κ2) is 9.31. The van der Waals surface area contributed by atoms with Gasteiger partial charge in [-0.05, 0) is 32.0 Å². The van der Waals surface area contributed by atoms with Gasteiger partial charge in [-0.25, -0.2) is 4.98 Å². The summed E-state index contributed by atoms with van der Waals surface area (Å²) in [5, 5.41) is 6.10. The molecule has 1 amide bonds. The molecule has 1 aromatic rings. The van der Waals surface area contributed by atoms with Crippen LogP contribution in [0, 0.1) is 0 Å². The van der Waals surface area contributed by atoms with E-state index in [0.717, 1.165) is 31.0 Å². The van der Waals surface area contributed by atoms with Crippen molar-refractivity contribution in [3.63, 3.8) is 0 Å². The number of hydrogen-bond donors (Lipinski definition) is 2. The van der Waals surface area contributed by atoms with Crippen LogP contribution in [0.15, 0.2) is 18.2 Å². The summed E-state index contributed by atoms with van der Waals surface area (Å²) in [5.41, 5.74) is 0.984. The van der Waals surface area contributed by atoms with Gasteiger partial charge in [0.2, 0.25) is 5.91 Å². The van der Waals surface area contributed by atoms with Crippen molar-refractivity contribution in [2.45, 2.75) is 33.7 Å². The Bertz CT molecular complexity index is 409. The first-order valence-electron chi connectivity index (χ1n) is 7.38. The molecular weight excluding hydrogens is 252 g/mol. The van der Waals surface area contributed by atoms with Crippen LogP contribution in [0.5, 0.6) is 0 Å². The Balaban J connectivity index is 2.58. The van der Waals surface area contributed by atoms with Gasteiger partial charge in [-0.2, -0.15) is 0 Å². The summed E-state index contributed by atoms with van der Waals surface area (Å²) in [6.45, 7) is 9.64. The molecule has 0 aromatic carbocycles. The van der Waals surface area contributed by atoms with E-state index in [2.05, 4.69) is 34.4 Å². The molecule has 0 aliphatic heterocycles. The number of amides is 1. The molecule has 0 radical (unpaired) electrons. The second-order valence-corrected chi connectivity index (χ2v) is 4.70. The van der Waals surface area contributed by atoms with E-state index in [1.807, 2.05) is 25.1 Å². The smallest absolute Gasteiger partial charge is 0.234 e. The maximum Gasteiger partial charge on any atom is 0.234 e. The fourth-order valence-electron chi connectivity index (χ4n) is 1.88. The van der Waals surface area contributed by atoms with Crippen molar-refractivity contribution in [3.8, 4) is 0 Å². The van der Waals surface area contributed by atoms with Crippen LogP contribution in [0.2, 0.25) is 0 Å². The quantitative estimate of drug-likeness (QED) is 0.724. The molecule has 0 unspecified atom stereocenters. The number of nitrogens with zero attached hydrogens (tertiary/aromatic N) is 2. The van der Waals surface area contributed by atoms with Gasteiger partial charge >= 0.3 is 0 Å². The van der Waals surface area contributed by atoms with Gasteiger partial charge in [0.25, 0.3) is 0 Å². The van der Waals surface area contributed by atoms with Crippen LogP contribution in [-0.4, -0.2) is 42.0 Å². The van der Waals surface area contributed by atoms with Crippen LogP contribution in [0.25, 0.3) is 0 Å². The Hall–Kier alpha value is -1.62. The van der Waals surface area contributed by atoms with Crippen molar-refractivity contribution in [1.29, 1.82) is 0 Å². The third-order valence-electron chi connectivity index (χ3n) is 2.94. The molecule has 0 bridgehead atoms. The molecule has 0 aliphatic carbocycles. The lowest BCUT2D eigenvalue weighted by Gasteiger charge is -2.19. The van der Waals surface area contributed by atoms with E-state index in [-0.39, 0.29) is 5.91 Å². The summed E-state index contributed by atoms with van der Waals surface area (Å²) in [7, 11) is 0. The molecule has 5 nitrogen and oxygen atoms in total. The van der Waals surface area contributed by atoms with E-state index >= 15 is 0 Å². The lowest BCUT2D eigenvalue weighted by atomic mass is 10.3. The van der Waals surface area contributed by atoms with Gasteiger partial charge in [0, 0.05) is 19.6 Å². The molecule has 0 fully saturated rings. The number of anilines is 1. The predicted octanol–water partition coefficient (Wildman–Crippen LogP) is 1.86. The number of pyridine rings is 1. The first kappa shape index (κ1) is 16.4. The molecule has 1 rings (SSSR count). The summed E-state index contributed by atoms with van der Waals surface area (Å²) in [5.74, 6) is 0.966. The highest BCUT2D eigenvalue weighted by Gasteiger charge is 2.09. The molecule has 0 saturated carbocycles. The van der Waals surface area contributed by atoms with Gasteiger partial charge in [-0.15, -0.1) is 0 Å². The highest BCUT2D eigenvalue weighted by Crippen LogP contribution is 2.07. The third kappa shape index (κ3) is 6.02. The highest BCUT2D eigenvalue weighted by molar-refractivity contribution is 5.77. The average Bonchev–Trinajstić information content (AvgIpc) is 2.45. The number of likely N-dealkylation sites (N-methyl/N-ethyl adjacent to an activating group) is 2. The van der Waals surface area contributed by atoms with Crippen LogP contribution in [0.3, 0.4) is 0 Å². The van der Waals surface area contributed by atoms with Gasteiger partial charge in [-0.1, -0.05) is 19.9 Å². The molecule has 5 heteroatoms. The van der Waals surface area contributed by atoms with Crippen LogP contribution >= 0.6 is 0 Å². The van der Waals surface area contributed by atoms with E-state index in [0.29, 0.717) is 19.6 Å². The topological polar surface area (TPSA) is 57.3 Å². The Morgan fingerprint density at radius 2 is 2.10 bits per heavy atom. The summed E-state index contributed by atoms with van der Waals surface area (Å²) in [6, 6.07) is 5.97. The summed E-state index contributed by atoms with van der Waals surface area (Å²) in [4.78, 5) is 18.3. The third-order valence-corrected chi connectivity index (χ3v) is 2.94. The van der Waals surface area contributed by atoms with Crippen LogP contribution in [0.1, 0.15) is 32.9 Å². The molecular formula is C15H26N4O. The Labute approximate surface area is 121 Å². The number of nitrogens with one attached hydrogen (secondary N) is 2. The molecule has 0 aliphatic rings. The monoisotopic (exact) mass is 278 g/mol. The van der Waals surface area contributed by atoms with Crippen molar-refractivity contribution >= 4 is 11.7 Å². The van der Waals surface area contributed by atoms with Crippen molar-refractivity contribution in [2.24, 2.45) is 0 Å². The van der Waals surface area contributed by atoms with Gasteiger partial charge in [0.05, 0.1) is 12.2 Å². The van der Waals surface area contributed by atoms with E-state index < -0.39 is 0 Å². The Morgan fingerprint density at radius 3 is 2.75 bits per heavy atom. The van der Waals surface area contributed by atoms with E-state index in [9.17, 15) is 4.79 Å². The fourth-order valence-corrected chi connectivity index (χ4v) is 1.88. The number of carbonyl (C=O) groups excluding carboxylic acids is 1. The number of aromatic nitrogens is 1. The summed E-state index contributed by atoms with van der Waals surface area (Å²) < 4.78 is 0. The standard InChI is InChI=1S/C15H26N4O/c1-4-10-17-14-9-7-8-13(18-14)11-19(6-3)12-15(20)16-5-2/h7-9H,4-6,10-12H2,1-3H3,(H,16,20)(H,17,18). The molecule has 0 atom stereocenters. The zero-order chi connectivity index (χ0) is 14.8. The molecule has 0 saturated heterocycles. The van der Waals surface area contributed by atoms with Crippen molar-refractivity contribution in [2.75, 3.05) is 31.5 Å². The van der Waals surface area contributed by atoms with E-state index in [1.165, 1.54) is 0 Å². The highest BCUT2D eigenvalue weighted by atomic mass is 16.2. The van der Waals surface area contributed by atoms with Crippen LogP contribution < -0.4 is 10.6 Å². The molecule has 0 spiro atoms. The zero-order valence-electron chi connectivity index (χ0n) is 12.8. The van der Waals surface area contributed by atoms with Gasteiger partial charge in [-0.3, -0.25) is 9.69 Å². The SMILES string of the molecule is CCCNc1cccc(CN(CC)CC(=O)NCC)n1. The normalized spacial score (nSPS) is 10.6.